The van der Waals surface area contributed by atoms with Crippen molar-refractivity contribution in [3.05, 3.63) is 35.5 Å². The minimum absolute atomic E-state index is 0.142. The molecule has 1 aliphatic carbocycles. The number of carbonyl (C=O) groups is 3. The fourth-order valence-electron chi connectivity index (χ4n) is 5.84. The van der Waals surface area contributed by atoms with Crippen molar-refractivity contribution in [3.63, 3.8) is 0 Å². The van der Waals surface area contributed by atoms with Gasteiger partial charge >= 0.3 is 6.03 Å². The SMILES string of the molecule is CC(C)CC(C(=O)NC1CCCC1)N1C(=O)N2CCc3c([nH]c4ccccc34)C2(C)C1=O. The van der Waals surface area contributed by atoms with Gasteiger partial charge in [-0.3, -0.25) is 9.59 Å². The van der Waals surface area contributed by atoms with E-state index in [9.17, 15) is 14.4 Å². The summed E-state index contributed by atoms with van der Waals surface area (Å²) in [6, 6.07) is 7.01. The zero-order valence-corrected chi connectivity index (χ0v) is 19.1. The number of aromatic amines is 1. The summed E-state index contributed by atoms with van der Waals surface area (Å²) in [4.78, 5) is 47.2. The predicted octanol–water partition coefficient (Wildman–Crippen LogP) is 3.68. The average Bonchev–Trinajstić information content (AvgIpc) is 3.44. The molecule has 4 amide bonds. The Morgan fingerprint density at radius 3 is 2.66 bits per heavy atom. The molecule has 2 N–H and O–H groups in total. The van der Waals surface area contributed by atoms with Crippen LogP contribution in [-0.2, 0) is 21.5 Å². The molecule has 2 fully saturated rings. The van der Waals surface area contributed by atoms with Crippen molar-refractivity contribution in [1.29, 1.82) is 0 Å². The van der Waals surface area contributed by atoms with Crippen LogP contribution in [0.25, 0.3) is 10.9 Å². The molecule has 2 atom stereocenters. The monoisotopic (exact) mass is 436 g/mol. The summed E-state index contributed by atoms with van der Waals surface area (Å²) in [5, 5.41) is 4.22. The fraction of sp³-hybridized carbons (Fsp3) is 0.560. The largest absolute Gasteiger partial charge is 0.356 e. The van der Waals surface area contributed by atoms with Crippen LogP contribution in [0.1, 0.15) is 64.1 Å². The van der Waals surface area contributed by atoms with Crippen LogP contribution in [0.5, 0.6) is 0 Å². The number of nitrogens with one attached hydrogen (secondary N) is 2. The van der Waals surface area contributed by atoms with E-state index in [-0.39, 0.29) is 29.8 Å². The van der Waals surface area contributed by atoms with Crippen molar-refractivity contribution in [2.45, 2.75) is 76.9 Å². The summed E-state index contributed by atoms with van der Waals surface area (Å²) in [5.74, 6) is -0.334. The normalized spacial score (nSPS) is 24.4. The molecule has 7 nitrogen and oxygen atoms in total. The lowest BCUT2D eigenvalue weighted by molar-refractivity contribution is -0.140. The third-order valence-electron chi connectivity index (χ3n) is 7.51. The number of imide groups is 1. The summed E-state index contributed by atoms with van der Waals surface area (Å²) < 4.78 is 0. The molecule has 1 saturated carbocycles. The first-order valence-corrected chi connectivity index (χ1v) is 11.9. The molecule has 2 unspecified atom stereocenters. The molecular weight excluding hydrogens is 404 g/mol. The molecule has 5 rings (SSSR count). The molecule has 3 aliphatic rings. The predicted molar refractivity (Wildman–Crippen MR) is 122 cm³/mol. The molecular formula is C25H32N4O3. The van der Waals surface area contributed by atoms with Crippen molar-refractivity contribution >= 4 is 28.7 Å². The van der Waals surface area contributed by atoms with Gasteiger partial charge in [0.1, 0.15) is 6.04 Å². The molecule has 2 aliphatic heterocycles. The number of benzene rings is 1. The van der Waals surface area contributed by atoms with Crippen molar-refractivity contribution < 1.29 is 14.4 Å². The van der Waals surface area contributed by atoms with Gasteiger partial charge in [0.2, 0.25) is 5.91 Å². The highest BCUT2D eigenvalue weighted by Crippen LogP contribution is 2.45. The highest BCUT2D eigenvalue weighted by Gasteiger charge is 2.60. The first-order valence-electron chi connectivity index (χ1n) is 11.9. The van der Waals surface area contributed by atoms with Crippen LogP contribution in [0.4, 0.5) is 4.79 Å². The van der Waals surface area contributed by atoms with Crippen LogP contribution in [-0.4, -0.2) is 51.3 Å². The number of fused-ring (bicyclic) bond motifs is 5. The van der Waals surface area contributed by atoms with Gasteiger partial charge in [0.25, 0.3) is 5.91 Å². The van der Waals surface area contributed by atoms with Gasteiger partial charge in [-0.1, -0.05) is 44.9 Å². The van der Waals surface area contributed by atoms with E-state index in [2.05, 4.69) is 16.4 Å². The Balaban J connectivity index is 1.53. The third kappa shape index (κ3) is 3.05. The van der Waals surface area contributed by atoms with Gasteiger partial charge in [-0.2, -0.15) is 0 Å². The molecule has 32 heavy (non-hydrogen) atoms. The molecule has 2 aromatic rings. The first kappa shape index (κ1) is 21.0. The minimum Gasteiger partial charge on any atom is -0.356 e. The molecule has 0 bridgehead atoms. The maximum atomic E-state index is 13.9. The standard InChI is InChI=1S/C25H32N4O3/c1-15(2)14-20(22(30)26-16-8-4-5-9-16)29-23(31)25(3)21-18(12-13-28(25)24(29)32)17-10-6-7-11-19(17)27-21/h6-7,10-11,15-16,20,27H,4-5,8-9,12-14H2,1-3H3,(H,26,30). The molecule has 1 aromatic heterocycles. The van der Waals surface area contributed by atoms with Gasteiger partial charge in [-0.15, -0.1) is 0 Å². The van der Waals surface area contributed by atoms with Crippen molar-refractivity contribution in [3.8, 4) is 0 Å². The lowest BCUT2D eigenvalue weighted by atomic mass is 9.86. The highest BCUT2D eigenvalue weighted by molar-refractivity contribution is 6.11. The minimum atomic E-state index is -1.12. The maximum Gasteiger partial charge on any atom is 0.328 e. The number of hydrogen-bond acceptors (Lipinski definition) is 3. The quantitative estimate of drug-likeness (QED) is 0.701. The van der Waals surface area contributed by atoms with Gasteiger partial charge in [0.05, 0.1) is 5.69 Å². The van der Waals surface area contributed by atoms with E-state index in [1.165, 1.54) is 4.90 Å². The summed E-state index contributed by atoms with van der Waals surface area (Å²) in [7, 11) is 0. The van der Waals surface area contributed by atoms with Gasteiger partial charge in [-0.25, -0.2) is 9.69 Å². The molecule has 0 spiro atoms. The third-order valence-corrected chi connectivity index (χ3v) is 7.51. The van der Waals surface area contributed by atoms with E-state index in [0.29, 0.717) is 19.4 Å². The van der Waals surface area contributed by atoms with E-state index in [1.54, 1.807) is 4.90 Å². The first-order chi connectivity index (χ1) is 15.3. The second-order valence-corrected chi connectivity index (χ2v) is 10.1. The second-order valence-electron chi connectivity index (χ2n) is 10.1. The van der Waals surface area contributed by atoms with Gasteiger partial charge in [0.15, 0.2) is 5.54 Å². The van der Waals surface area contributed by atoms with Gasteiger partial charge < -0.3 is 15.2 Å². The van der Waals surface area contributed by atoms with E-state index in [4.69, 9.17) is 0 Å². The Kier molecular flexibility index (Phi) is 5.02. The number of hydrogen-bond donors (Lipinski definition) is 2. The number of aromatic nitrogens is 1. The Morgan fingerprint density at radius 2 is 1.94 bits per heavy atom. The van der Waals surface area contributed by atoms with Gasteiger partial charge in [-0.05, 0) is 50.2 Å². The van der Waals surface area contributed by atoms with Crippen LogP contribution in [0.2, 0.25) is 0 Å². The zero-order valence-electron chi connectivity index (χ0n) is 19.1. The van der Waals surface area contributed by atoms with Crippen LogP contribution >= 0.6 is 0 Å². The van der Waals surface area contributed by atoms with E-state index < -0.39 is 11.6 Å². The highest BCUT2D eigenvalue weighted by atomic mass is 16.2. The number of rotatable bonds is 5. The smallest absolute Gasteiger partial charge is 0.328 e. The number of H-pyrrole nitrogens is 1. The Hall–Kier alpha value is -2.83. The van der Waals surface area contributed by atoms with Crippen LogP contribution in [0.15, 0.2) is 24.3 Å². The Labute approximate surface area is 188 Å². The maximum absolute atomic E-state index is 13.9. The van der Waals surface area contributed by atoms with Crippen molar-refractivity contribution in [2.24, 2.45) is 5.92 Å². The topological polar surface area (TPSA) is 85.5 Å². The number of para-hydroxylation sites is 1. The van der Waals surface area contributed by atoms with Crippen molar-refractivity contribution in [2.75, 3.05) is 6.54 Å². The molecule has 1 aromatic carbocycles. The zero-order chi connectivity index (χ0) is 22.6. The van der Waals surface area contributed by atoms with Gasteiger partial charge in [0, 0.05) is 23.5 Å². The summed E-state index contributed by atoms with van der Waals surface area (Å²) in [6.45, 7) is 6.32. The van der Waals surface area contributed by atoms with Crippen LogP contribution in [0, 0.1) is 5.92 Å². The second kappa shape index (κ2) is 7.64. The number of carbonyl (C=O) groups excluding carboxylic acids is 3. The molecule has 0 radical (unpaired) electrons. The number of urea groups is 1. The summed E-state index contributed by atoms with van der Waals surface area (Å²) >= 11 is 0. The summed E-state index contributed by atoms with van der Waals surface area (Å²) in [6.07, 6.45) is 5.28. The number of amides is 4. The lowest BCUT2D eigenvalue weighted by Crippen LogP contribution is -2.53. The molecule has 1 saturated heterocycles. The Bertz CT molecular complexity index is 1080. The van der Waals surface area contributed by atoms with Crippen molar-refractivity contribution in [1.82, 2.24) is 20.1 Å². The van der Waals surface area contributed by atoms with Crippen LogP contribution < -0.4 is 5.32 Å². The van der Waals surface area contributed by atoms with Crippen LogP contribution in [0.3, 0.4) is 0 Å². The molecule has 170 valence electrons. The Morgan fingerprint density at radius 1 is 1.22 bits per heavy atom. The average molecular weight is 437 g/mol. The molecule has 7 heteroatoms. The summed E-state index contributed by atoms with van der Waals surface area (Å²) in [5.41, 5.74) is 1.73. The lowest BCUT2D eigenvalue weighted by Gasteiger charge is -2.36. The fourth-order valence-corrected chi connectivity index (χ4v) is 5.84. The van der Waals surface area contributed by atoms with E-state index >= 15 is 0 Å². The number of nitrogens with zero attached hydrogens (tertiary/aromatic N) is 2. The van der Waals surface area contributed by atoms with E-state index in [1.807, 2.05) is 39.0 Å². The molecule has 3 heterocycles. The van der Waals surface area contributed by atoms with E-state index in [0.717, 1.165) is 47.8 Å².